The second-order valence-corrected chi connectivity index (χ2v) is 11.3. The summed E-state index contributed by atoms with van der Waals surface area (Å²) >= 11 is 12.2. The lowest BCUT2D eigenvalue weighted by Gasteiger charge is -2.32. The van der Waals surface area contributed by atoms with E-state index in [1.165, 1.54) is 37.3 Å². The van der Waals surface area contributed by atoms with E-state index in [-0.39, 0.29) is 17.1 Å². The van der Waals surface area contributed by atoms with Gasteiger partial charge < -0.3 is 15.0 Å². The zero-order valence-corrected chi connectivity index (χ0v) is 23.8. The minimum atomic E-state index is -4.17. The maximum Gasteiger partial charge on any atom is 0.264 e. The van der Waals surface area contributed by atoms with E-state index in [4.69, 9.17) is 27.9 Å². The van der Waals surface area contributed by atoms with Crippen molar-refractivity contribution >= 4 is 50.7 Å². The van der Waals surface area contributed by atoms with Gasteiger partial charge in [0.25, 0.3) is 10.0 Å². The summed E-state index contributed by atoms with van der Waals surface area (Å²) in [5.41, 5.74) is 1.75. The number of rotatable bonds is 10. The van der Waals surface area contributed by atoms with Crippen LogP contribution in [0.25, 0.3) is 0 Å². The van der Waals surface area contributed by atoms with Crippen LogP contribution in [0, 0.1) is 6.92 Å². The van der Waals surface area contributed by atoms with Gasteiger partial charge in [0, 0.05) is 19.7 Å². The number of sulfonamides is 1. The molecule has 3 rings (SSSR count). The second kappa shape index (κ2) is 12.5. The van der Waals surface area contributed by atoms with Gasteiger partial charge in [-0.05, 0) is 55.8 Å². The van der Waals surface area contributed by atoms with E-state index in [0.29, 0.717) is 21.4 Å². The Morgan fingerprint density at radius 3 is 2.29 bits per heavy atom. The molecule has 11 heteroatoms. The van der Waals surface area contributed by atoms with Crippen LogP contribution >= 0.6 is 23.2 Å². The molecule has 202 valence electrons. The van der Waals surface area contributed by atoms with Gasteiger partial charge in [0.1, 0.15) is 18.3 Å². The van der Waals surface area contributed by atoms with E-state index in [9.17, 15) is 18.0 Å². The third-order valence-electron chi connectivity index (χ3n) is 5.98. The molecular weight excluding hydrogens is 549 g/mol. The number of anilines is 1. The van der Waals surface area contributed by atoms with Crippen LogP contribution in [-0.4, -0.2) is 51.9 Å². The van der Waals surface area contributed by atoms with Gasteiger partial charge in [-0.15, -0.1) is 0 Å². The molecule has 38 heavy (non-hydrogen) atoms. The maximum atomic E-state index is 13.8. The van der Waals surface area contributed by atoms with Crippen molar-refractivity contribution in [1.29, 1.82) is 0 Å². The molecule has 0 fully saturated rings. The van der Waals surface area contributed by atoms with E-state index in [2.05, 4.69) is 5.32 Å². The van der Waals surface area contributed by atoms with E-state index in [1.807, 2.05) is 6.92 Å². The average Bonchev–Trinajstić information content (AvgIpc) is 2.91. The molecule has 1 atom stereocenters. The molecule has 0 aliphatic rings. The van der Waals surface area contributed by atoms with Gasteiger partial charge in [-0.3, -0.25) is 13.9 Å². The molecular formula is C27H29Cl2N3O5S. The summed E-state index contributed by atoms with van der Waals surface area (Å²) in [6, 6.07) is 16.7. The lowest BCUT2D eigenvalue weighted by Crippen LogP contribution is -2.50. The summed E-state index contributed by atoms with van der Waals surface area (Å²) in [6.07, 6.45) is 0. The lowest BCUT2D eigenvalue weighted by atomic mass is 10.1. The predicted molar refractivity (Wildman–Crippen MR) is 149 cm³/mol. The number of benzene rings is 3. The number of amides is 2. The molecule has 0 radical (unpaired) electrons. The van der Waals surface area contributed by atoms with Gasteiger partial charge in [-0.25, -0.2) is 8.42 Å². The Kier molecular flexibility index (Phi) is 9.65. The van der Waals surface area contributed by atoms with Crippen LogP contribution in [-0.2, 0) is 26.2 Å². The van der Waals surface area contributed by atoms with Crippen molar-refractivity contribution in [3.63, 3.8) is 0 Å². The van der Waals surface area contributed by atoms with Gasteiger partial charge in [0.15, 0.2) is 0 Å². The fourth-order valence-corrected chi connectivity index (χ4v) is 5.48. The van der Waals surface area contributed by atoms with Gasteiger partial charge in [-0.1, -0.05) is 53.0 Å². The molecule has 0 aliphatic carbocycles. The summed E-state index contributed by atoms with van der Waals surface area (Å²) in [5, 5.41) is 3.18. The Bertz CT molecular complexity index is 1410. The Morgan fingerprint density at radius 1 is 1.00 bits per heavy atom. The van der Waals surface area contributed by atoms with Crippen LogP contribution in [0.4, 0.5) is 5.69 Å². The fraction of sp³-hybridized carbons (Fsp3) is 0.259. The summed E-state index contributed by atoms with van der Waals surface area (Å²) in [4.78, 5) is 27.7. The Morgan fingerprint density at radius 2 is 1.68 bits per heavy atom. The number of likely N-dealkylation sites (N-methyl/N-ethyl adjacent to an activating group) is 1. The highest BCUT2D eigenvalue weighted by Crippen LogP contribution is 2.28. The fourth-order valence-electron chi connectivity index (χ4n) is 3.76. The lowest BCUT2D eigenvalue weighted by molar-refractivity contribution is -0.139. The highest BCUT2D eigenvalue weighted by molar-refractivity contribution is 7.92. The minimum absolute atomic E-state index is 0.000832. The molecule has 3 aromatic rings. The maximum absolute atomic E-state index is 13.8. The molecule has 0 aromatic heterocycles. The Balaban J connectivity index is 2.06. The number of ether oxygens (including phenoxy) is 1. The monoisotopic (exact) mass is 577 g/mol. The molecule has 0 spiro atoms. The van der Waals surface area contributed by atoms with Crippen LogP contribution in [0.1, 0.15) is 18.1 Å². The second-order valence-electron chi connectivity index (χ2n) is 8.59. The highest BCUT2D eigenvalue weighted by Gasteiger charge is 2.32. The largest absolute Gasteiger partial charge is 0.497 e. The van der Waals surface area contributed by atoms with Crippen LogP contribution < -0.4 is 14.4 Å². The number of methoxy groups -OCH3 is 1. The van der Waals surface area contributed by atoms with Crippen molar-refractivity contribution in [3.05, 3.63) is 87.9 Å². The summed E-state index contributed by atoms with van der Waals surface area (Å²) in [6.45, 7) is 2.85. The number of carbonyl (C=O) groups excluding carboxylic acids is 2. The van der Waals surface area contributed by atoms with Crippen LogP contribution in [0.3, 0.4) is 0 Å². The average molecular weight is 579 g/mol. The molecule has 0 saturated carbocycles. The summed E-state index contributed by atoms with van der Waals surface area (Å²) < 4.78 is 33.9. The number of aryl methyl sites for hydroxylation is 1. The van der Waals surface area contributed by atoms with Gasteiger partial charge in [0.05, 0.1) is 27.7 Å². The number of hydrogen-bond acceptors (Lipinski definition) is 5. The number of halogens is 2. The first-order valence-electron chi connectivity index (χ1n) is 11.7. The van der Waals surface area contributed by atoms with Gasteiger partial charge in [0.2, 0.25) is 11.8 Å². The van der Waals surface area contributed by atoms with Crippen molar-refractivity contribution in [2.45, 2.75) is 31.3 Å². The normalized spacial score (nSPS) is 11.9. The Labute approximate surface area is 233 Å². The quantitative estimate of drug-likeness (QED) is 0.378. The molecule has 1 N–H and O–H groups in total. The van der Waals surface area contributed by atoms with E-state index in [1.54, 1.807) is 55.5 Å². The molecule has 0 aliphatic heterocycles. The van der Waals surface area contributed by atoms with E-state index < -0.39 is 34.4 Å². The molecule has 1 unspecified atom stereocenters. The van der Waals surface area contributed by atoms with Crippen molar-refractivity contribution in [3.8, 4) is 5.75 Å². The first-order chi connectivity index (χ1) is 18.0. The number of nitrogens with zero attached hydrogens (tertiary/aromatic N) is 2. The van der Waals surface area contributed by atoms with Gasteiger partial charge in [-0.2, -0.15) is 0 Å². The van der Waals surface area contributed by atoms with Crippen LogP contribution in [0.5, 0.6) is 5.75 Å². The molecule has 0 saturated heterocycles. The van der Waals surface area contributed by atoms with Gasteiger partial charge >= 0.3 is 0 Å². The predicted octanol–water partition coefficient (Wildman–Crippen LogP) is 4.67. The van der Waals surface area contributed by atoms with Crippen molar-refractivity contribution in [2.75, 3.05) is 25.0 Å². The van der Waals surface area contributed by atoms with Crippen molar-refractivity contribution < 1.29 is 22.7 Å². The third-order valence-corrected chi connectivity index (χ3v) is 8.51. The third kappa shape index (κ3) is 6.78. The van der Waals surface area contributed by atoms with Crippen molar-refractivity contribution in [2.24, 2.45) is 0 Å². The minimum Gasteiger partial charge on any atom is -0.497 e. The summed E-state index contributed by atoms with van der Waals surface area (Å²) in [5.74, 6) is -0.580. The summed E-state index contributed by atoms with van der Waals surface area (Å²) in [7, 11) is -1.24. The number of nitrogens with one attached hydrogen (secondary N) is 1. The first kappa shape index (κ1) is 29.3. The topological polar surface area (TPSA) is 96.0 Å². The number of hydrogen-bond donors (Lipinski definition) is 1. The SMILES string of the molecule is CNC(=O)C(C)N(Cc1ccc(Cl)c(Cl)c1)C(=O)CN(c1cccc(OC)c1)S(=O)(=O)c1ccc(C)cc1. The Hall–Kier alpha value is -3.27. The zero-order chi connectivity index (χ0) is 28.0. The first-order valence-corrected chi connectivity index (χ1v) is 13.9. The molecule has 3 aromatic carbocycles. The highest BCUT2D eigenvalue weighted by atomic mass is 35.5. The zero-order valence-electron chi connectivity index (χ0n) is 21.4. The molecule has 2 amide bonds. The number of carbonyl (C=O) groups is 2. The molecule has 0 heterocycles. The van der Waals surface area contributed by atoms with E-state index in [0.717, 1.165) is 9.87 Å². The van der Waals surface area contributed by atoms with Crippen molar-refractivity contribution in [1.82, 2.24) is 10.2 Å². The van der Waals surface area contributed by atoms with Crippen LogP contribution in [0.2, 0.25) is 10.0 Å². The molecule has 8 nitrogen and oxygen atoms in total. The van der Waals surface area contributed by atoms with Crippen LogP contribution in [0.15, 0.2) is 71.6 Å². The standard InChI is InChI=1S/C27H29Cl2N3O5S/c1-18-8-11-23(12-9-18)38(35,36)32(21-6-5-7-22(15-21)37-4)17-26(33)31(19(2)27(34)30-3)16-20-10-13-24(28)25(29)14-20/h5-15,19H,16-17H2,1-4H3,(H,30,34). The smallest absolute Gasteiger partial charge is 0.264 e. The molecule has 0 bridgehead atoms. The van der Waals surface area contributed by atoms with E-state index >= 15 is 0 Å².